The monoisotopic (exact) mass is 256 g/mol. The fraction of sp³-hybridized carbons (Fsp3) is 1.00. The van der Waals surface area contributed by atoms with Crippen molar-refractivity contribution in [1.82, 2.24) is 0 Å². The van der Waals surface area contributed by atoms with Crippen molar-refractivity contribution in [2.45, 2.75) is 91.0 Å². The summed E-state index contributed by atoms with van der Waals surface area (Å²) in [4.78, 5) is 0. The lowest BCUT2D eigenvalue weighted by atomic mass is 10.1. The summed E-state index contributed by atoms with van der Waals surface area (Å²) in [6.07, 6.45) is 10.8. The van der Waals surface area contributed by atoms with E-state index < -0.39 is 0 Å². The Hall–Kier alpha value is -0.0800. The van der Waals surface area contributed by atoms with Gasteiger partial charge in [0.15, 0.2) is 5.79 Å². The van der Waals surface area contributed by atoms with Crippen LogP contribution in [-0.4, -0.2) is 18.5 Å². The zero-order valence-electron chi connectivity index (χ0n) is 12.8. The SMILES string of the molecule is CCCCCCCCCC1(C)OCC(C(C)C)O1. The Bertz CT molecular complexity index is 215. The Morgan fingerprint density at radius 3 is 2.22 bits per heavy atom. The molecule has 1 fully saturated rings. The standard InChI is InChI=1S/C16H32O2/c1-5-6-7-8-9-10-11-12-16(4)17-13-15(18-16)14(2)3/h14-15H,5-13H2,1-4H3. The molecule has 0 saturated carbocycles. The summed E-state index contributed by atoms with van der Waals surface area (Å²) in [5, 5.41) is 0. The Kier molecular flexibility index (Phi) is 7.25. The molecule has 0 aromatic heterocycles. The molecule has 0 radical (unpaired) electrons. The normalized spacial score (nSPS) is 28.2. The molecule has 1 rings (SSSR count). The summed E-state index contributed by atoms with van der Waals surface area (Å²) in [6, 6.07) is 0. The number of hydrogen-bond acceptors (Lipinski definition) is 2. The van der Waals surface area contributed by atoms with Crippen LogP contribution in [0.1, 0.15) is 79.1 Å². The maximum Gasteiger partial charge on any atom is 0.166 e. The molecule has 1 heterocycles. The Labute approximate surface area is 113 Å². The smallest absolute Gasteiger partial charge is 0.166 e. The van der Waals surface area contributed by atoms with Gasteiger partial charge in [-0.05, 0) is 19.3 Å². The molecule has 1 saturated heterocycles. The summed E-state index contributed by atoms with van der Waals surface area (Å²) in [6.45, 7) is 9.54. The van der Waals surface area contributed by atoms with Crippen molar-refractivity contribution in [1.29, 1.82) is 0 Å². The van der Waals surface area contributed by atoms with E-state index in [1.54, 1.807) is 0 Å². The van der Waals surface area contributed by atoms with E-state index in [0.717, 1.165) is 13.0 Å². The first-order chi connectivity index (χ1) is 8.57. The first kappa shape index (κ1) is 16.0. The van der Waals surface area contributed by atoms with Gasteiger partial charge in [0.05, 0.1) is 12.7 Å². The van der Waals surface area contributed by atoms with Gasteiger partial charge in [-0.15, -0.1) is 0 Å². The first-order valence-corrected chi connectivity index (χ1v) is 7.89. The lowest BCUT2D eigenvalue weighted by Crippen LogP contribution is -2.27. The predicted octanol–water partition coefficient (Wildman–Crippen LogP) is 4.91. The molecule has 2 unspecified atom stereocenters. The maximum atomic E-state index is 6.03. The van der Waals surface area contributed by atoms with Gasteiger partial charge in [0.1, 0.15) is 0 Å². The molecule has 2 atom stereocenters. The second kappa shape index (κ2) is 8.16. The maximum absolute atomic E-state index is 6.03. The average Bonchev–Trinajstić information content (AvgIpc) is 2.71. The van der Waals surface area contributed by atoms with E-state index in [4.69, 9.17) is 9.47 Å². The van der Waals surface area contributed by atoms with Crippen LogP contribution in [0.2, 0.25) is 0 Å². The molecule has 108 valence electrons. The average molecular weight is 256 g/mol. The van der Waals surface area contributed by atoms with E-state index >= 15 is 0 Å². The molecule has 18 heavy (non-hydrogen) atoms. The van der Waals surface area contributed by atoms with E-state index in [0.29, 0.717) is 12.0 Å². The third-order valence-corrected chi connectivity index (χ3v) is 3.93. The minimum absolute atomic E-state index is 0.291. The van der Waals surface area contributed by atoms with E-state index in [-0.39, 0.29) is 5.79 Å². The minimum atomic E-state index is -0.307. The highest BCUT2D eigenvalue weighted by Gasteiger charge is 2.37. The zero-order valence-corrected chi connectivity index (χ0v) is 12.8. The van der Waals surface area contributed by atoms with Crippen LogP contribution in [0.5, 0.6) is 0 Å². The quantitative estimate of drug-likeness (QED) is 0.545. The second-order valence-corrected chi connectivity index (χ2v) is 6.22. The van der Waals surface area contributed by atoms with Crippen molar-refractivity contribution in [3.05, 3.63) is 0 Å². The summed E-state index contributed by atoms with van der Waals surface area (Å²) in [5.74, 6) is 0.249. The van der Waals surface area contributed by atoms with Crippen LogP contribution in [0, 0.1) is 5.92 Å². The van der Waals surface area contributed by atoms with Crippen LogP contribution >= 0.6 is 0 Å². The fourth-order valence-electron chi connectivity index (χ4n) is 2.51. The van der Waals surface area contributed by atoms with E-state index in [1.807, 2.05) is 0 Å². The van der Waals surface area contributed by atoms with Crippen LogP contribution in [0.25, 0.3) is 0 Å². The largest absolute Gasteiger partial charge is 0.348 e. The number of ether oxygens (including phenoxy) is 2. The van der Waals surface area contributed by atoms with Crippen molar-refractivity contribution in [2.24, 2.45) is 5.92 Å². The fourth-order valence-corrected chi connectivity index (χ4v) is 2.51. The molecular formula is C16H32O2. The molecule has 0 spiro atoms. The molecular weight excluding hydrogens is 224 g/mol. The van der Waals surface area contributed by atoms with Crippen LogP contribution in [0.4, 0.5) is 0 Å². The van der Waals surface area contributed by atoms with Gasteiger partial charge in [0.25, 0.3) is 0 Å². The second-order valence-electron chi connectivity index (χ2n) is 6.22. The molecule has 1 aliphatic heterocycles. The van der Waals surface area contributed by atoms with Gasteiger partial charge in [-0.3, -0.25) is 0 Å². The molecule has 2 heteroatoms. The van der Waals surface area contributed by atoms with E-state index in [9.17, 15) is 0 Å². The van der Waals surface area contributed by atoms with Crippen molar-refractivity contribution in [2.75, 3.05) is 6.61 Å². The molecule has 2 nitrogen and oxygen atoms in total. The van der Waals surface area contributed by atoms with Gasteiger partial charge in [-0.2, -0.15) is 0 Å². The van der Waals surface area contributed by atoms with Crippen molar-refractivity contribution < 1.29 is 9.47 Å². The Balaban J connectivity index is 2.05. The zero-order chi connectivity index (χ0) is 13.4. The van der Waals surface area contributed by atoms with Gasteiger partial charge in [-0.1, -0.05) is 59.3 Å². The molecule has 1 aliphatic rings. The topological polar surface area (TPSA) is 18.5 Å². The third-order valence-electron chi connectivity index (χ3n) is 3.93. The van der Waals surface area contributed by atoms with Gasteiger partial charge in [0, 0.05) is 6.42 Å². The van der Waals surface area contributed by atoms with E-state index in [2.05, 4.69) is 27.7 Å². The lowest BCUT2D eigenvalue weighted by Gasteiger charge is -2.24. The minimum Gasteiger partial charge on any atom is -0.348 e. The predicted molar refractivity (Wildman–Crippen MR) is 76.7 cm³/mol. The van der Waals surface area contributed by atoms with Gasteiger partial charge in [0.2, 0.25) is 0 Å². The van der Waals surface area contributed by atoms with Gasteiger partial charge in [-0.25, -0.2) is 0 Å². The van der Waals surface area contributed by atoms with E-state index in [1.165, 1.54) is 44.9 Å². The molecule has 0 aliphatic carbocycles. The summed E-state index contributed by atoms with van der Waals surface area (Å²) in [7, 11) is 0. The highest BCUT2D eigenvalue weighted by molar-refractivity contribution is 4.76. The third kappa shape index (κ3) is 5.71. The molecule has 0 aromatic carbocycles. The number of unbranched alkanes of at least 4 members (excludes halogenated alkanes) is 6. The van der Waals surface area contributed by atoms with Gasteiger partial charge >= 0.3 is 0 Å². The highest BCUT2D eigenvalue weighted by Crippen LogP contribution is 2.31. The number of rotatable bonds is 9. The summed E-state index contributed by atoms with van der Waals surface area (Å²) >= 11 is 0. The van der Waals surface area contributed by atoms with Crippen LogP contribution in [-0.2, 0) is 9.47 Å². The summed E-state index contributed by atoms with van der Waals surface area (Å²) < 4.78 is 11.9. The van der Waals surface area contributed by atoms with Crippen LogP contribution in [0.3, 0.4) is 0 Å². The van der Waals surface area contributed by atoms with Crippen LogP contribution in [0.15, 0.2) is 0 Å². The molecule has 0 aromatic rings. The van der Waals surface area contributed by atoms with Crippen molar-refractivity contribution in [3.63, 3.8) is 0 Å². The van der Waals surface area contributed by atoms with Crippen molar-refractivity contribution >= 4 is 0 Å². The molecule has 0 N–H and O–H groups in total. The Morgan fingerprint density at radius 2 is 1.67 bits per heavy atom. The Morgan fingerprint density at radius 1 is 1.06 bits per heavy atom. The number of hydrogen-bond donors (Lipinski definition) is 0. The summed E-state index contributed by atoms with van der Waals surface area (Å²) in [5.41, 5.74) is 0. The molecule has 0 bridgehead atoms. The lowest BCUT2D eigenvalue weighted by molar-refractivity contribution is -0.163. The van der Waals surface area contributed by atoms with Crippen LogP contribution < -0.4 is 0 Å². The van der Waals surface area contributed by atoms with Gasteiger partial charge < -0.3 is 9.47 Å². The van der Waals surface area contributed by atoms with Crippen molar-refractivity contribution in [3.8, 4) is 0 Å². The molecule has 0 amide bonds. The highest BCUT2D eigenvalue weighted by atomic mass is 16.7. The first-order valence-electron chi connectivity index (χ1n) is 7.89.